The van der Waals surface area contributed by atoms with Gasteiger partial charge in [-0.3, -0.25) is 4.79 Å². The fraction of sp³-hybridized carbons (Fsp3) is 0.968. The molecule has 0 amide bonds. The van der Waals surface area contributed by atoms with Crippen LogP contribution in [0.2, 0.25) is 0 Å². The van der Waals surface area contributed by atoms with E-state index in [0.717, 1.165) is 60.7 Å². The molecule has 33 heavy (non-hydrogen) atoms. The highest BCUT2D eigenvalue weighted by Gasteiger charge is 2.60. The lowest BCUT2D eigenvalue weighted by molar-refractivity contribution is -0.162. The Morgan fingerprint density at radius 2 is 1.64 bits per heavy atom. The van der Waals surface area contributed by atoms with Crippen LogP contribution in [0.3, 0.4) is 0 Å². The van der Waals surface area contributed by atoms with Gasteiger partial charge in [0.25, 0.3) is 0 Å². The number of rotatable bonds is 8. The number of ether oxygens (including phenoxy) is 1. The standard InChI is InChI=1S/C31H54O2/c1-7-9-29(32)33-24-16-18-30(5)23(20-24)12-13-25-27-15-14-26(22(4)11-8-10-21(2)3)31(27,6)19-17-28(25)30/h21-28H,7-20H2,1-6H3/t22-,23?,24+,25+,26-,27+,28+,30+,31-/m1/s1. The first-order chi connectivity index (χ1) is 15.7. The third-order valence-electron chi connectivity index (χ3n) is 11.6. The molecule has 0 spiro atoms. The molecule has 0 radical (unpaired) electrons. The minimum absolute atomic E-state index is 0.0349. The van der Waals surface area contributed by atoms with E-state index in [4.69, 9.17) is 4.74 Å². The van der Waals surface area contributed by atoms with Crippen LogP contribution >= 0.6 is 0 Å². The number of esters is 1. The van der Waals surface area contributed by atoms with E-state index >= 15 is 0 Å². The molecule has 0 saturated heterocycles. The molecule has 0 aromatic rings. The SMILES string of the molecule is CCCC(=O)O[C@H]1CC[C@@]2(C)C(CC[C@H]3[C@@H]4CC[C@H]([C@H](C)CCCC(C)C)[C@@]4(C)CC[C@@H]32)C1. The summed E-state index contributed by atoms with van der Waals surface area (Å²) in [6, 6.07) is 0. The zero-order valence-corrected chi connectivity index (χ0v) is 22.8. The lowest BCUT2D eigenvalue weighted by Gasteiger charge is -2.61. The predicted octanol–water partition coefficient (Wildman–Crippen LogP) is 8.82. The van der Waals surface area contributed by atoms with Gasteiger partial charge in [0.1, 0.15) is 6.10 Å². The molecule has 4 fully saturated rings. The van der Waals surface area contributed by atoms with E-state index in [1.54, 1.807) is 0 Å². The number of hydrogen-bond acceptors (Lipinski definition) is 2. The minimum Gasteiger partial charge on any atom is -0.462 e. The molecule has 0 bridgehead atoms. The molecule has 0 aromatic carbocycles. The highest BCUT2D eigenvalue weighted by molar-refractivity contribution is 5.69. The molecule has 0 heterocycles. The third kappa shape index (κ3) is 4.93. The molecule has 0 N–H and O–H groups in total. The molecule has 4 saturated carbocycles. The van der Waals surface area contributed by atoms with E-state index in [1.807, 2.05) is 0 Å². The van der Waals surface area contributed by atoms with E-state index in [1.165, 1.54) is 64.2 Å². The Bertz CT molecular complexity index is 670. The lowest BCUT2D eigenvalue weighted by atomic mass is 9.44. The predicted molar refractivity (Wildman–Crippen MR) is 138 cm³/mol. The maximum atomic E-state index is 12.1. The van der Waals surface area contributed by atoms with Gasteiger partial charge >= 0.3 is 5.97 Å². The second-order valence-electron chi connectivity index (χ2n) is 13.8. The van der Waals surface area contributed by atoms with E-state index in [2.05, 4.69) is 41.5 Å². The Kier molecular flexibility index (Phi) is 7.92. The van der Waals surface area contributed by atoms with Crippen molar-refractivity contribution in [2.24, 2.45) is 52.3 Å². The smallest absolute Gasteiger partial charge is 0.306 e. The molecule has 9 atom stereocenters. The summed E-state index contributed by atoms with van der Waals surface area (Å²) in [4.78, 5) is 12.1. The maximum absolute atomic E-state index is 12.1. The molecule has 0 aromatic heterocycles. The molecule has 4 aliphatic rings. The summed E-state index contributed by atoms with van der Waals surface area (Å²) in [6.45, 7) is 14.8. The highest BCUT2D eigenvalue weighted by atomic mass is 16.5. The van der Waals surface area contributed by atoms with Crippen molar-refractivity contribution in [2.45, 2.75) is 138 Å². The minimum atomic E-state index is 0.0349. The van der Waals surface area contributed by atoms with Gasteiger partial charge < -0.3 is 4.74 Å². The van der Waals surface area contributed by atoms with E-state index in [-0.39, 0.29) is 12.1 Å². The number of fused-ring (bicyclic) bond motifs is 5. The van der Waals surface area contributed by atoms with E-state index in [0.29, 0.717) is 17.3 Å². The fourth-order valence-corrected chi connectivity index (χ4v) is 9.80. The summed E-state index contributed by atoms with van der Waals surface area (Å²) in [6.07, 6.45) is 18.2. The summed E-state index contributed by atoms with van der Waals surface area (Å²) in [5, 5.41) is 0. The Labute approximate surface area is 205 Å². The van der Waals surface area contributed by atoms with Crippen LogP contribution in [0.1, 0.15) is 131 Å². The third-order valence-corrected chi connectivity index (χ3v) is 11.6. The van der Waals surface area contributed by atoms with E-state index in [9.17, 15) is 4.79 Å². The van der Waals surface area contributed by atoms with Gasteiger partial charge in [0, 0.05) is 6.42 Å². The number of carbonyl (C=O) groups is 1. The van der Waals surface area contributed by atoms with Crippen molar-refractivity contribution in [3.8, 4) is 0 Å². The van der Waals surface area contributed by atoms with Gasteiger partial charge in [-0.05, 0) is 116 Å². The van der Waals surface area contributed by atoms with Crippen LogP contribution in [0.15, 0.2) is 0 Å². The fourth-order valence-electron chi connectivity index (χ4n) is 9.80. The van der Waals surface area contributed by atoms with E-state index < -0.39 is 0 Å². The topological polar surface area (TPSA) is 26.3 Å². The Balaban J connectivity index is 1.40. The first-order valence-corrected chi connectivity index (χ1v) is 14.9. The van der Waals surface area contributed by atoms with Gasteiger partial charge in [0.15, 0.2) is 0 Å². The van der Waals surface area contributed by atoms with Crippen LogP contribution in [-0.4, -0.2) is 12.1 Å². The van der Waals surface area contributed by atoms with Gasteiger partial charge in [-0.2, -0.15) is 0 Å². The van der Waals surface area contributed by atoms with Gasteiger partial charge in [-0.15, -0.1) is 0 Å². The summed E-state index contributed by atoms with van der Waals surface area (Å²) in [5.41, 5.74) is 1.08. The first-order valence-electron chi connectivity index (χ1n) is 14.9. The molecule has 4 rings (SSSR count). The van der Waals surface area contributed by atoms with Gasteiger partial charge in [0.05, 0.1) is 0 Å². The normalized spacial score (nSPS) is 43.5. The van der Waals surface area contributed by atoms with Crippen LogP contribution in [0.5, 0.6) is 0 Å². The van der Waals surface area contributed by atoms with Crippen LogP contribution in [-0.2, 0) is 9.53 Å². The Morgan fingerprint density at radius 1 is 0.909 bits per heavy atom. The molecule has 0 aliphatic heterocycles. The molecule has 4 aliphatic carbocycles. The van der Waals surface area contributed by atoms with Crippen molar-refractivity contribution in [1.82, 2.24) is 0 Å². The molecule has 2 heteroatoms. The van der Waals surface area contributed by atoms with Crippen LogP contribution < -0.4 is 0 Å². The number of hydrogen-bond donors (Lipinski definition) is 0. The van der Waals surface area contributed by atoms with Crippen molar-refractivity contribution in [3.05, 3.63) is 0 Å². The Morgan fingerprint density at radius 3 is 2.36 bits per heavy atom. The monoisotopic (exact) mass is 458 g/mol. The lowest BCUT2D eigenvalue weighted by Crippen LogP contribution is -2.54. The van der Waals surface area contributed by atoms with Crippen LogP contribution in [0.4, 0.5) is 0 Å². The summed E-state index contributed by atoms with van der Waals surface area (Å²) in [5.74, 6) is 6.34. The average Bonchev–Trinajstić information content (AvgIpc) is 3.11. The van der Waals surface area contributed by atoms with Gasteiger partial charge in [0.2, 0.25) is 0 Å². The zero-order chi connectivity index (χ0) is 23.8. The van der Waals surface area contributed by atoms with Crippen molar-refractivity contribution in [1.29, 1.82) is 0 Å². The van der Waals surface area contributed by atoms with Crippen molar-refractivity contribution in [2.75, 3.05) is 0 Å². The van der Waals surface area contributed by atoms with Gasteiger partial charge in [-0.25, -0.2) is 0 Å². The zero-order valence-electron chi connectivity index (χ0n) is 22.8. The van der Waals surface area contributed by atoms with Crippen molar-refractivity contribution < 1.29 is 9.53 Å². The highest BCUT2D eigenvalue weighted by Crippen LogP contribution is 2.68. The molecule has 190 valence electrons. The summed E-state index contributed by atoms with van der Waals surface area (Å²) < 4.78 is 5.90. The quantitative estimate of drug-likeness (QED) is 0.340. The summed E-state index contributed by atoms with van der Waals surface area (Å²) in [7, 11) is 0. The molecule has 1 unspecified atom stereocenters. The second-order valence-corrected chi connectivity index (χ2v) is 13.8. The Hall–Kier alpha value is -0.530. The molecular weight excluding hydrogens is 404 g/mol. The van der Waals surface area contributed by atoms with Gasteiger partial charge in [-0.1, -0.05) is 60.8 Å². The number of carbonyl (C=O) groups excluding carboxylic acids is 1. The molecule has 2 nitrogen and oxygen atoms in total. The average molecular weight is 459 g/mol. The van der Waals surface area contributed by atoms with Crippen LogP contribution in [0.25, 0.3) is 0 Å². The van der Waals surface area contributed by atoms with Crippen LogP contribution in [0, 0.1) is 52.3 Å². The second kappa shape index (κ2) is 10.2. The largest absolute Gasteiger partial charge is 0.462 e. The first kappa shape index (κ1) is 25.6. The molecular formula is C31H54O2. The summed E-state index contributed by atoms with van der Waals surface area (Å²) >= 11 is 0. The maximum Gasteiger partial charge on any atom is 0.306 e. The van der Waals surface area contributed by atoms with Crippen molar-refractivity contribution in [3.63, 3.8) is 0 Å². The van der Waals surface area contributed by atoms with Crippen molar-refractivity contribution >= 4 is 5.97 Å².